The first kappa shape index (κ1) is 14.9. The molecule has 1 aromatic heterocycles. The van der Waals surface area contributed by atoms with Crippen molar-refractivity contribution in [2.75, 3.05) is 6.61 Å². The fourth-order valence-corrected chi connectivity index (χ4v) is 5.53. The number of hydrogen-bond acceptors (Lipinski definition) is 5. The zero-order valence-electron chi connectivity index (χ0n) is 11.4. The van der Waals surface area contributed by atoms with E-state index in [2.05, 4.69) is 9.71 Å². The van der Waals surface area contributed by atoms with Crippen LogP contribution in [0.25, 0.3) is 0 Å². The molecule has 1 aromatic rings. The molecule has 0 aliphatic heterocycles. The third kappa shape index (κ3) is 2.84. The summed E-state index contributed by atoms with van der Waals surface area (Å²) < 4.78 is 27.8. The van der Waals surface area contributed by atoms with Gasteiger partial charge in [0.05, 0.1) is 10.7 Å². The second-order valence-corrected chi connectivity index (χ2v) is 8.60. The summed E-state index contributed by atoms with van der Waals surface area (Å²) >= 11 is 1.19. The lowest BCUT2D eigenvalue weighted by Crippen LogP contribution is -2.44. The van der Waals surface area contributed by atoms with Crippen molar-refractivity contribution in [2.24, 2.45) is 5.41 Å². The van der Waals surface area contributed by atoms with E-state index in [9.17, 15) is 13.5 Å². The van der Waals surface area contributed by atoms with Crippen LogP contribution in [0.15, 0.2) is 4.21 Å². The summed E-state index contributed by atoms with van der Waals surface area (Å²) in [5.74, 6) is 0. The highest BCUT2D eigenvalue weighted by molar-refractivity contribution is 7.91. The summed E-state index contributed by atoms with van der Waals surface area (Å²) in [6, 6.07) is -0.204. The fraction of sp³-hybridized carbons (Fsp3) is 0.750. The van der Waals surface area contributed by atoms with Gasteiger partial charge in [0.15, 0.2) is 4.21 Å². The Morgan fingerprint density at radius 1 is 1.53 bits per heavy atom. The SMILES string of the molecule is Cc1nc(C)c(S(=O)(=O)N[C@@H]2CCC[C@@]2(C)CO)s1. The molecule has 5 nitrogen and oxygen atoms in total. The Morgan fingerprint density at radius 2 is 2.21 bits per heavy atom. The van der Waals surface area contributed by atoms with Crippen LogP contribution < -0.4 is 4.72 Å². The fourth-order valence-electron chi connectivity index (χ4n) is 2.63. The first-order valence-electron chi connectivity index (χ1n) is 6.36. The number of rotatable bonds is 4. The van der Waals surface area contributed by atoms with Crippen molar-refractivity contribution in [2.45, 2.75) is 50.3 Å². The predicted molar refractivity (Wildman–Crippen MR) is 74.7 cm³/mol. The van der Waals surface area contributed by atoms with Gasteiger partial charge in [-0.15, -0.1) is 11.3 Å². The van der Waals surface area contributed by atoms with E-state index in [0.29, 0.717) is 5.69 Å². The van der Waals surface area contributed by atoms with Gasteiger partial charge in [0, 0.05) is 18.1 Å². The number of nitrogens with one attached hydrogen (secondary N) is 1. The molecular formula is C12H20N2O3S2. The van der Waals surface area contributed by atoms with Crippen LogP contribution in [0.2, 0.25) is 0 Å². The summed E-state index contributed by atoms with van der Waals surface area (Å²) in [4.78, 5) is 4.16. The molecule has 1 fully saturated rings. The number of aliphatic hydroxyl groups excluding tert-OH is 1. The molecule has 0 radical (unpaired) electrons. The van der Waals surface area contributed by atoms with Gasteiger partial charge in [-0.25, -0.2) is 18.1 Å². The molecule has 1 aliphatic rings. The Morgan fingerprint density at radius 3 is 2.74 bits per heavy atom. The normalized spacial score (nSPS) is 27.9. The lowest BCUT2D eigenvalue weighted by atomic mass is 9.86. The summed E-state index contributed by atoms with van der Waals surface area (Å²) in [6.07, 6.45) is 2.55. The summed E-state index contributed by atoms with van der Waals surface area (Å²) in [5.41, 5.74) is 0.180. The lowest BCUT2D eigenvalue weighted by Gasteiger charge is -2.29. The number of aliphatic hydroxyl groups is 1. The Kier molecular flexibility index (Phi) is 4.02. The molecular weight excluding hydrogens is 284 g/mol. The van der Waals surface area contributed by atoms with Gasteiger partial charge in [0.25, 0.3) is 10.0 Å². The van der Waals surface area contributed by atoms with Crippen LogP contribution in [0, 0.1) is 19.3 Å². The zero-order chi connectivity index (χ0) is 14.3. The maximum absolute atomic E-state index is 12.4. The third-order valence-electron chi connectivity index (χ3n) is 3.85. The van der Waals surface area contributed by atoms with E-state index in [1.54, 1.807) is 13.8 Å². The Labute approximate surface area is 118 Å². The van der Waals surface area contributed by atoms with Crippen molar-refractivity contribution in [1.82, 2.24) is 9.71 Å². The van der Waals surface area contributed by atoms with Crippen molar-refractivity contribution in [3.63, 3.8) is 0 Å². The Balaban J connectivity index is 2.25. The van der Waals surface area contributed by atoms with Crippen molar-refractivity contribution in [3.05, 3.63) is 10.7 Å². The summed E-state index contributed by atoms with van der Waals surface area (Å²) in [7, 11) is -3.54. The number of sulfonamides is 1. The number of thiazole rings is 1. The molecule has 0 unspecified atom stereocenters. The molecule has 0 spiro atoms. The molecule has 2 rings (SSSR count). The van der Waals surface area contributed by atoms with Crippen molar-refractivity contribution in [1.29, 1.82) is 0 Å². The van der Waals surface area contributed by atoms with Crippen LogP contribution in [0.3, 0.4) is 0 Å². The first-order chi connectivity index (χ1) is 8.78. The van der Waals surface area contributed by atoms with Gasteiger partial charge in [0.1, 0.15) is 0 Å². The van der Waals surface area contributed by atoms with Gasteiger partial charge in [-0.3, -0.25) is 0 Å². The average molecular weight is 304 g/mol. The van der Waals surface area contributed by atoms with Crippen molar-refractivity contribution >= 4 is 21.4 Å². The molecule has 2 N–H and O–H groups in total. The lowest BCUT2D eigenvalue weighted by molar-refractivity contribution is 0.127. The highest BCUT2D eigenvalue weighted by Crippen LogP contribution is 2.38. The molecule has 1 heterocycles. The maximum atomic E-state index is 12.4. The van der Waals surface area contributed by atoms with E-state index >= 15 is 0 Å². The monoisotopic (exact) mass is 304 g/mol. The molecule has 1 aliphatic carbocycles. The van der Waals surface area contributed by atoms with E-state index < -0.39 is 10.0 Å². The molecule has 0 bridgehead atoms. The molecule has 7 heteroatoms. The molecule has 108 valence electrons. The van der Waals surface area contributed by atoms with E-state index in [0.717, 1.165) is 24.3 Å². The Bertz CT molecular complexity index is 568. The second-order valence-electron chi connectivity index (χ2n) is 5.48. The van der Waals surface area contributed by atoms with Crippen molar-refractivity contribution in [3.8, 4) is 0 Å². The minimum Gasteiger partial charge on any atom is -0.396 e. The van der Waals surface area contributed by atoms with Crippen LogP contribution in [0.5, 0.6) is 0 Å². The molecule has 2 atom stereocenters. The quantitative estimate of drug-likeness (QED) is 0.885. The number of hydrogen-bond donors (Lipinski definition) is 2. The maximum Gasteiger partial charge on any atom is 0.252 e. The largest absolute Gasteiger partial charge is 0.396 e. The molecule has 0 amide bonds. The number of aryl methyl sites for hydroxylation is 2. The van der Waals surface area contributed by atoms with E-state index in [1.807, 2.05) is 6.92 Å². The van der Waals surface area contributed by atoms with E-state index in [4.69, 9.17) is 0 Å². The minimum absolute atomic E-state index is 0.000880. The first-order valence-corrected chi connectivity index (χ1v) is 8.66. The van der Waals surface area contributed by atoms with Gasteiger partial charge in [-0.1, -0.05) is 13.3 Å². The second kappa shape index (κ2) is 5.12. The van der Waals surface area contributed by atoms with Crippen LogP contribution in [0.4, 0.5) is 0 Å². The third-order valence-corrected chi connectivity index (χ3v) is 7.00. The summed E-state index contributed by atoms with van der Waals surface area (Å²) in [6.45, 7) is 5.43. The average Bonchev–Trinajstić information content (AvgIpc) is 2.84. The van der Waals surface area contributed by atoms with Gasteiger partial charge < -0.3 is 5.11 Å². The molecule has 0 aromatic carbocycles. The van der Waals surface area contributed by atoms with Gasteiger partial charge in [-0.05, 0) is 26.7 Å². The van der Waals surface area contributed by atoms with Gasteiger partial charge in [0.2, 0.25) is 0 Å². The van der Waals surface area contributed by atoms with Crippen LogP contribution >= 0.6 is 11.3 Å². The van der Waals surface area contributed by atoms with Gasteiger partial charge in [-0.2, -0.15) is 0 Å². The summed E-state index contributed by atoms with van der Waals surface area (Å²) in [5, 5.41) is 10.2. The highest BCUT2D eigenvalue weighted by Gasteiger charge is 2.41. The molecule has 19 heavy (non-hydrogen) atoms. The van der Waals surface area contributed by atoms with Crippen LogP contribution in [0.1, 0.15) is 36.9 Å². The number of aromatic nitrogens is 1. The van der Waals surface area contributed by atoms with Crippen LogP contribution in [-0.4, -0.2) is 31.2 Å². The van der Waals surface area contributed by atoms with E-state index in [-0.39, 0.29) is 22.3 Å². The molecule has 0 saturated heterocycles. The number of nitrogens with zero attached hydrogens (tertiary/aromatic N) is 1. The zero-order valence-corrected chi connectivity index (χ0v) is 13.1. The standard InChI is InChI=1S/C12H20N2O3S2/c1-8-11(18-9(2)13-8)19(16,17)14-10-5-4-6-12(10,3)7-15/h10,14-15H,4-7H2,1-3H3/t10-,12+/m1/s1. The smallest absolute Gasteiger partial charge is 0.252 e. The van der Waals surface area contributed by atoms with Crippen LogP contribution in [-0.2, 0) is 10.0 Å². The highest BCUT2D eigenvalue weighted by atomic mass is 32.2. The topological polar surface area (TPSA) is 79.3 Å². The predicted octanol–water partition coefficient (Wildman–Crippen LogP) is 1.59. The Hall–Kier alpha value is -0.500. The van der Waals surface area contributed by atoms with Crippen molar-refractivity contribution < 1.29 is 13.5 Å². The minimum atomic E-state index is -3.54. The van der Waals surface area contributed by atoms with Gasteiger partial charge >= 0.3 is 0 Å². The van der Waals surface area contributed by atoms with E-state index in [1.165, 1.54) is 11.3 Å². The molecule has 1 saturated carbocycles.